The Kier molecular flexibility index (Phi) is 3.18. The highest BCUT2D eigenvalue weighted by Crippen LogP contribution is 2.31. The molecular formula is C7H14O3S. The van der Waals surface area contributed by atoms with Crippen molar-refractivity contribution in [1.82, 2.24) is 0 Å². The van der Waals surface area contributed by atoms with Crippen molar-refractivity contribution in [2.45, 2.75) is 36.1 Å². The van der Waals surface area contributed by atoms with Gasteiger partial charge in [-0.05, 0) is 6.42 Å². The molecule has 1 fully saturated rings. The van der Waals surface area contributed by atoms with Crippen LogP contribution in [0, 0.1) is 0 Å². The molecule has 4 heteroatoms. The zero-order valence-electron chi connectivity index (χ0n) is 6.47. The fraction of sp³-hybridized carbons (Fsp3) is 1.00. The van der Waals surface area contributed by atoms with Crippen LogP contribution >= 0.6 is 11.8 Å². The molecule has 0 amide bonds. The second-order valence-electron chi connectivity index (χ2n) is 2.94. The summed E-state index contributed by atoms with van der Waals surface area (Å²) >= 11 is 1.54. The lowest BCUT2D eigenvalue weighted by molar-refractivity contribution is 0.00819. The fourth-order valence-electron chi connectivity index (χ4n) is 1.28. The van der Waals surface area contributed by atoms with Crippen LogP contribution in [0.25, 0.3) is 0 Å². The molecular weight excluding hydrogens is 164 g/mol. The lowest BCUT2D eigenvalue weighted by atomic mass is 10.1. The molecule has 0 aromatic heterocycles. The third kappa shape index (κ3) is 2.08. The SMILES string of the molecule is CC1SC(CO)C[C@H](O)[C@H]1O. The van der Waals surface area contributed by atoms with Gasteiger partial charge in [0.25, 0.3) is 0 Å². The lowest BCUT2D eigenvalue weighted by Gasteiger charge is -2.33. The predicted octanol–water partition coefficient (Wildman–Crippen LogP) is -0.406. The quantitative estimate of drug-likeness (QED) is 0.511. The van der Waals surface area contributed by atoms with Gasteiger partial charge in [-0.3, -0.25) is 0 Å². The summed E-state index contributed by atoms with van der Waals surface area (Å²) < 4.78 is 0. The first-order valence-corrected chi connectivity index (χ1v) is 4.72. The van der Waals surface area contributed by atoms with Crippen molar-refractivity contribution in [2.75, 3.05) is 6.61 Å². The van der Waals surface area contributed by atoms with Gasteiger partial charge in [0.2, 0.25) is 0 Å². The largest absolute Gasteiger partial charge is 0.395 e. The van der Waals surface area contributed by atoms with Gasteiger partial charge in [-0.15, -0.1) is 0 Å². The molecule has 0 radical (unpaired) electrons. The Morgan fingerprint density at radius 3 is 2.55 bits per heavy atom. The van der Waals surface area contributed by atoms with E-state index in [2.05, 4.69) is 0 Å². The van der Waals surface area contributed by atoms with Crippen molar-refractivity contribution in [2.24, 2.45) is 0 Å². The van der Waals surface area contributed by atoms with Crippen molar-refractivity contribution < 1.29 is 15.3 Å². The van der Waals surface area contributed by atoms with Gasteiger partial charge in [-0.1, -0.05) is 6.92 Å². The smallest absolute Gasteiger partial charge is 0.0915 e. The minimum Gasteiger partial charge on any atom is -0.395 e. The third-order valence-electron chi connectivity index (χ3n) is 1.99. The predicted molar refractivity (Wildman–Crippen MR) is 44.6 cm³/mol. The number of aliphatic hydroxyl groups is 3. The molecule has 1 rings (SSSR count). The van der Waals surface area contributed by atoms with E-state index in [0.29, 0.717) is 6.42 Å². The molecule has 0 bridgehead atoms. The highest BCUT2D eigenvalue weighted by atomic mass is 32.2. The van der Waals surface area contributed by atoms with E-state index in [-0.39, 0.29) is 17.1 Å². The Morgan fingerprint density at radius 2 is 2.09 bits per heavy atom. The van der Waals surface area contributed by atoms with Crippen LogP contribution in [0.4, 0.5) is 0 Å². The molecule has 1 saturated heterocycles. The summed E-state index contributed by atoms with van der Waals surface area (Å²) in [6.45, 7) is 1.94. The van der Waals surface area contributed by atoms with Gasteiger partial charge in [-0.2, -0.15) is 11.8 Å². The van der Waals surface area contributed by atoms with Crippen LogP contribution in [0.15, 0.2) is 0 Å². The van der Waals surface area contributed by atoms with Crippen molar-refractivity contribution in [3.63, 3.8) is 0 Å². The zero-order chi connectivity index (χ0) is 8.43. The lowest BCUT2D eigenvalue weighted by Crippen LogP contribution is -2.42. The minimum absolute atomic E-state index is 0.0240. The fourth-order valence-corrected chi connectivity index (χ4v) is 2.62. The summed E-state index contributed by atoms with van der Waals surface area (Å²) in [5, 5.41) is 27.5. The van der Waals surface area contributed by atoms with Gasteiger partial charge >= 0.3 is 0 Å². The monoisotopic (exact) mass is 178 g/mol. The molecule has 3 nitrogen and oxygen atoms in total. The molecule has 0 aliphatic carbocycles. The van der Waals surface area contributed by atoms with Crippen LogP contribution < -0.4 is 0 Å². The second-order valence-corrected chi connectivity index (χ2v) is 4.62. The van der Waals surface area contributed by atoms with Crippen LogP contribution in [0.2, 0.25) is 0 Å². The van der Waals surface area contributed by atoms with Crippen molar-refractivity contribution >= 4 is 11.8 Å². The summed E-state index contributed by atoms with van der Waals surface area (Å²) in [7, 11) is 0. The van der Waals surface area contributed by atoms with Gasteiger partial charge in [0.15, 0.2) is 0 Å². The standard InChI is InChI=1S/C7H14O3S/c1-4-7(10)6(9)2-5(3-8)11-4/h4-10H,2-3H2,1H3/t4?,5?,6-,7-/m0/s1. The maximum atomic E-state index is 9.31. The summed E-state index contributed by atoms with van der Waals surface area (Å²) in [5.74, 6) is 0. The van der Waals surface area contributed by atoms with Gasteiger partial charge in [0.1, 0.15) is 0 Å². The average Bonchev–Trinajstić information content (AvgIpc) is 1.99. The molecule has 3 N–H and O–H groups in total. The molecule has 2 unspecified atom stereocenters. The van der Waals surface area contributed by atoms with Gasteiger partial charge in [0.05, 0.1) is 18.8 Å². The number of rotatable bonds is 1. The summed E-state index contributed by atoms with van der Waals surface area (Å²) in [4.78, 5) is 0. The maximum absolute atomic E-state index is 9.31. The Bertz CT molecular complexity index is 119. The average molecular weight is 178 g/mol. The third-order valence-corrected chi connectivity index (χ3v) is 3.42. The van der Waals surface area contributed by atoms with Gasteiger partial charge < -0.3 is 15.3 Å². The first-order valence-electron chi connectivity index (χ1n) is 3.77. The summed E-state index contributed by atoms with van der Waals surface area (Å²) in [6.07, 6.45) is -0.807. The molecule has 66 valence electrons. The topological polar surface area (TPSA) is 60.7 Å². The highest BCUT2D eigenvalue weighted by molar-refractivity contribution is 8.00. The second kappa shape index (κ2) is 3.76. The van der Waals surface area contributed by atoms with Crippen LogP contribution in [0.1, 0.15) is 13.3 Å². The molecule has 1 aliphatic rings. The van der Waals surface area contributed by atoms with E-state index < -0.39 is 12.2 Å². The van der Waals surface area contributed by atoms with E-state index in [0.717, 1.165) is 0 Å². The maximum Gasteiger partial charge on any atom is 0.0915 e. The van der Waals surface area contributed by atoms with Crippen LogP contribution in [0.3, 0.4) is 0 Å². The number of aliphatic hydroxyl groups excluding tert-OH is 3. The number of hydrogen-bond donors (Lipinski definition) is 3. The Hall–Kier alpha value is 0.230. The van der Waals surface area contributed by atoms with Crippen molar-refractivity contribution in [3.05, 3.63) is 0 Å². The van der Waals surface area contributed by atoms with Crippen molar-refractivity contribution in [3.8, 4) is 0 Å². The Morgan fingerprint density at radius 1 is 1.45 bits per heavy atom. The summed E-state index contributed by atoms with van der Waals surface area (Å²) in [6, 6.07) is 0. The normalized spacial score (nSPS) is 45.8. The van der Waals surface area contributed by atoms with E-state index in [4.69, 9.17) is 5.11 Å². The number of thioether (sulfide) groups is 1. The van der Waals surface area contributed by atoms with Crippen LogP contribution in [-0.2, 0) is 0 Å². The molecule has 0 aromatic rings. The first kappa shape index (κ1) is 9.32. The minimum atomic E-state index is -0.664. The first-order chi connectivity index (χ1) is 5.15. The van der Waals surface area contributed by atoms with Crippen LogP contribution in [-0.4, -0.2) is 44.6 Å². The van der Waals surface area contributed by atoms with E-state index in [1.165, 1.54) is 11.8 Å². The Balaban J connectivity index is 2.47. The van der Waals surface area contributed by atoms with E-state index >= 15 is 0 Å². The Labute approximate surface area is 70.4 Å². The molecule has 11 heavy (non-hydrogen) atoms. The van der Waals surface area contributed by atoms with Gasteiger partial charge in [0, 0.05) is 10.5 Å². The highest BCUT2D eigenvalue weighted by Gasteiger charge is 2.33. The molecule has 1 heterocycles. The van der Waals surface area contributed by atoms with Crippen LogP contribution in [0.5, 0.6) is 0 Å². The summed E-state index contributed by atoms with van der Waals surface area (Å²) in [5.41, 5.74) is 0. The van der Waals surface area contributed by atoms with Gasteiger partial charge in [-0.25, -0.2) is 0 Å². The van der Waals surface area contributed by atoms with E-state index in [9.17, 15) is 10.2 Å². The van der Waals surface area contributed by atoms with E-state index in [1.54, 1.807) is 0 Å². The molecule has 0 spiro atoms. The molecule has 0 saturated carbocycles. The van der Waals surface area contributed by atoms with Crippen molar-refractivity contribution in [1.29, 1.82) is 0 Å². The number of hydrogen-bond acceptors (Lipinski definition) is 4. The van der Waals surface area contributed by atoms with E-state index in [1.807, 2.05) is 6.92 Å². The molecule has 0 aromatic carbocycles. The molecule has 4 atom stereocenters. The zero-order valence-corrected chi connectivity index (χ0v) is 7.29. The molecule has 1 aliphatic heterocycles.